The summed E-state index contributed by atoms with van der Waals surface area (Å²) >= 11 is 0. The van der Waals surface area contributed by atoms with Crippen molar-refractivity contribution in [1.29, 1.82) is 0 Å². The molecule has 0 spiro atoms. The molecule has 5 nitrogen and oxygen atoms in total. The number of hydrogen-bond donors (Lipinski definition) is 1. The van der Waals surface area contributed by atoms with E-state index in [4.69, 9.17) is 9.47 Å². The monoisotopic (exact) mass is 311 g/mol. The smallest absolute Gasteiger partial charge is 0.308 e. The molecule has 0 bridgehead atoms. The van der Waals surface area contributed by atoms with Crippen molar-refractivity contribution < 1.29 is 19.1 Å². The second-order valence-electron chi connectivity index (χ2n) is 4.72. The number of methoxy groups -OCH3 is 1. The van der Waals surface area contributed by atoms with E-state index in [-0.39, 0.29) is 5.91 Å². The third kappa shape index (κ3) is 5.32. The van der Waals surface area contributed by atoms with Crippen LogP contribution in [0.1, 0.15) is 12.5 Å². The van der Waals surface area contributed by atoms with Gasteiger partial charge in [-0.3, -0.25) is 9.59 Å². The van der Waals surface area contributed by atoms with Gasteiger partial charge in [-0.05, 0) is 35.9 Å². The van der Waals surface area contributed by atoms with E-state index in [0.29, 0.717) is 11.4 Å². The number of anilines is 1. The Balaban J connectivity index is 1.98. The van der Waals surface area contributed by atoms with Crippen molar-refractivity contribution in [3.05, 3.63) is 60.2 Å². The highest BCUT2D eigenvalue weighted by atomic mass is 16.5. The van der Waals surface area contributed by atoms with Gasteiger partial charge < -0.3 is 14.8 Å². The molecule has 118 valence electrons. The minimum Gasteiger partial charge on any atom is -0.497 e. The third-order valence-electron chi connectivity index (χ3n) is 2.91. The van der Waals surface area contributed by atoms with E-state index in [0.717, 1.165) is 11.3 Å². The van der Waals surface area contributed by atoms with Crippen molar-refractivity contribution >= 4 is 23.6 Å². The summed E-state index contributed by atoms with van der Waals surface area (Å²) in [6.07, 6.45) is 3.13. The topological polar surface area (TPSA) is 64.6 Å². The van der Waals surface area contributed by atoms with Crippen molar-refractivity contribution in [2.45, 2.75) is 6.92 Å². The molecule has 0 radical (unpaired) electrons. The molecule has 0 aliphatic rings. The molecule has 2 aromatic carbocycles. The van der Waals surface area contributed by atoms with Crippen LogP contribution in [-0.2, 0) is 9.59 Å². The van der Waals surface area contributed by atoms with Crippen LogP contribution in [0.3, 0.4) is 0 Å². The van der Waals surface area contributed by atoms with E-state index in [2.05, 4.69) is 5.32 Å². The first-order valence-electron chi connectivity index (χ1n) is 6.98. The molecule has 0 fully saturated rings. The molecule has 23 heavy (non-hydrogen) atoms. The molecule has 0 heterocycles. The van der Waals surface area contributed by atoms with E-state index < -0.39 is 5.97 Å². The van der Waals surface area contributed by atoms with Crippen LogP contribution in [0.5, 0.6) is 11.5 Å². The predicted octanol–water partition coefficient (Wildman–Crippen LogP) is 3.27. The number of benzene rings is 2. The summed E-state index contributed by atoms with van der Waals surface area (Å²) < 4.78 is 10.0. The maximum atomic E-state index is 11.9. The maximum absolute atomic E-state index is 11.9. The van der Waals surface area contributed by atoms with Crippen LogP contribution in [-0.4, -0.2) is 19.0 Å². The normalized spacial score (nSPS) is 10.3. The molecule has 2 rings (SSSR count). The maximum Gasteiger partial charge on any atom is 0.308 e. The number of esters is 1. The van der Waals surface area contributed by atoms with Gasteiger partial charge in [-0.2, -0.15) is 0 Å². The molecule has 1 amide bonds. The zero-order valence-corrected chi connectivity index (χ0v) is 12.9. The van der Waals surface area contributed by atoms with Gasteiger partial charge in [-0.1, -0.05) is 18.2 Å². The van der Waals surface area contributed by atoms with Gasteiger partial charge in [-0.25, -0.2) is 0 Å². The Kier molecular flexibility index (Phi) is 5.52. The highest BCUT2D eigenvalue weighted by molar-refractivity contribution is 6.02. The number of carbonyl (C=O) groups excluding carboxylic acids is 2. The number of rotatable bonds is 5. The van der Waals surface area contributed by atoms with Gasteiger partial charge in [0.2, 0.25) is 5.91 Å². The summed E-state index contributed by atoms with van der Waals surface area (Å²) in [5, 5.41) is 2.71. The van der Waals surface area contributed by atoms with Crippen LogP contribution in [0.25, 0.3) is 6.08 Å². The Morgan fingerprint density at radius 1 is 1.04 bits per heavy atom. The first-order valence-corrected chi connectivity index (χ1v) is 6.98. The summed E-state index contributed by atoms with van der Waals surface area (Å²) in [6, 6.07) is 14.0. The van der Waals surface area contributed by atoms with E-state index in [9.17, 15) is 9.59 Å². The molecule has 0 saturated carbocycles. The number of nitrogens with one attached hydrogen (secondary N) is 1. The lowest BCUT2D eigenvalue weighted by Crippen LogP contribution is -2.08. The number of amides is 1. The lowest BCUT2D eigenvalue weighted by molar-refractivity contribution is -0.131. The third-order valence-corrected chi connectivity index (χ3v) is 2.91. The molecular formula is C18H17NO4. The summed E-state index contributed by atoms with van der Waals surface area (Å²) in [6.45, 7) is 1.32. The fourth-order valence-corrected chi connectivity index (χ4v) is 1.87. The summed E-state index contributed by atoms with van der Waals surface area (Å²) in [7, 11) is 1.60. The van der Waals surface area contributed by atoms with Crippen molar-refractivity contribution in [2.75, 3.05) is 12.4 Å². The Morgan fingerprint density at radius 2 is 1.78 bits per heavy atom. The minimum absolute atomic E-state index is 0.277. The number of carbonyl (C=O) groups is 2. The molecule has 0 atom stereocenters. The van der Waals surface area contributed by atoms with Gasteiger partial charge in [0.25, 0.3) is 0 Å². The SMILES string of the molecule is COc1ccc(/C=C/C(=O)Nc2cccc(OC(C)=O)c2)cc1. The van der Waals surface area contributed by atoms with Crippen molar-refractivity contribution in [3.8, 4) is 11.5 Å². The summed E-state index contributed by atoms with van der Waals surface area (Å²) in [5.41, 5.74) is 1.43. The number of ether oxygens (including phenoxy) is 2. The van der Waals surface area contributed by atoms with E-state index >= 15 is 0 Å². The van der Waals surface area contributed by atoms with Crippen LogP contribution in [0, 0.1) is 0 Å². The van der Waals surface area contributed by atoms with Crippen LogP contribution in [0.4, 0.5) is 5.69 Å². The Hall–Kier alpha value is -3.08. The lowest BCUT2D eigenvalue weighted by Gasteiger charge is -2.05. The molecule has 0 aromatic heterocycles. The minimum atomic E-state index is -0.409. The largest absolute Gasteiger partial charge is 0.497 e. The van der Waals surface area contributed by atoms with Crippen LogP contribution in [0.15, 0.2) is 54.6 Å². The van der Waals surface area contributed by atoms with Gasteiger partial charge in [0.05, 0.1) is 7.11 Å². The van der Waals surface area contributed by atoms with Crippen molar-refractivity contribution in [1.82, 2.24) is 0 Å². The lowest BCUT2D eigenvalue weighted by atomic mass is 10.2. The van der Waals surface area contributed by atoms with E-state index in [1.165, 1.54) is 13.0 Å². The van der Waals surface area contributed by atoms with Gasteiger partial charge in [0.1, 0.15) is 11.5 Å². The highest BCUT2D eigenvalue weighted by Gasteiger charge is 2.02. The van der Waals surface area contributed by atoms with Gasteiger partial charge in [0.15, 0.2) is 0 Å². The Labute approximate surface area is 134 Å². The summed E-state index contributed by atoms with van der Waals surface area (Å²) in [4.78, 5) is 22.8. The fourth-order valence-electron chi connectivity index (χ4n) is 1.87. The molecule has 0 aliphatic carbocycles. The molecule has 1 N–H and O–H groups in total. The predicted molar refractivity (Wildman–Crippen MR) is 88.4 cm³/mol. The first-order chi connectivity index (χ1) is 11.1. The van der Waals surface area contributed by atoms with Gasteiger partial charge in [-0.15, -0.1) is 0 Å². The second-order valence-corrected chi connectivity index (χ2v) is 4.72. The van der Waals surface area contributed by atoms with Crippen LogP contribution < -0.4 is 14.8 Å². The second kappa shape index (κ2) is 7.79. The average Bonchev–Trinajstić information content (AvgIpc) is 2.53. The summed E-state index contributed by atoms with van der Waals surface area (Å²) in [5.74, 6) is 0.456. The van der Waals surface area contributed by atoms with Crippen LogP contribution >= 0.6 is 0 Å². The quantitative estimate of drug-likeness (QED) is 0.523. The Bertz CT molecular complexity index is 720. The zero-order chi connectivity index (χ0) is 16.7. The Morgan fingerprint density at radius 3 is 2.43 bits per heavy atom. The van der Waals surface area contributed by atoms with E-state index in [1.54, 1.807) is 37.5 Å². The molecular weight excluding hydrogens is 294 g/mol. The average molecular weight is 311 g/mol. The van der Waals surface area contributed by atoms with Gasteiger partial charge in [0, 0.05) is 24.8 Å². The first kappa shape index (κ1) is 16.3. The molecule has 0 unspecified atom stereocenters. The highest BCUT2D eigenvalue weighted by Crippen LogP contribution is 2.17. The molecule has 0 saturated heterocycles. The van der Waals surface area contributed by atoms with Gasteiger partial charge >= 0.3 is 5.97 Å². The number of hydrogen-bond acceptors (Lipinski definition) is 4. The molecule has 0 aliphatic heterocycles. The fraction of sp³-hybridized carbons (Fsp3) is 0.111. The van der Waals surface area contributed by atoms with Crippen molar-refractivity contribution in [3.63, 3.8) is 0 Å². The van der Waals surface area contributed by atoms with Crippen molar-refractivity contribution in [2.24, 2.45) is 0 Å². The standard InChI is InChI=1S/C18H17NO4/c1-13(20)23-17-5-3-4-15(12-17)19-18(21)11-8-14-6-9-16(22-2)10-7-14/h3-12H,1-2H3,(H,19,21)/b11-8+. The molecule has 2 aromatic rings. The van der Waals surface area contributed by atoms with E-state index in [1.807, 2.05) is 24.3 Å². The zero-order valence-electron chi connectivity index (χ0n) is 12.9. The molecule has 5 heteroatoms. The van der Waals surface area contributed by atoms with Crippen LogP contribution in [0.2, 0.25) is 0 Å².